The fourth-order valence-electron chi connectivity index (χ4n) is 5.08. The number of aromatic nitrogens is 4. The second kappa shape index (κ2) is 9.75. The summed E-state index contributed by atoms with van der Waals surface area (Å²) in [6.07, 6.45) is 11.4. The summed E-state index contributed by atoms with van der Waals surface area (Å²) in [6.45, 7) is 6.06. The van der Waals surface area contributed by atoms with Crippen LogP contribution in [0.2, 0.25) is 0 Å². The fraction of sp³-hybridized carbons (Fsp3) is 0.483. The van der Waals surface area contributed by atoms with Gasteiger partial charge in [0.2, 0.25) is 11.9 Å². The largest absolute Gasteiger partial charge is 0.492 e. The van der Waals surface area contributed by atoms with E-state index in [0.29, 0.717) is 18.5 Å². The van der Waals surface area contributed by atoms with Gasteiger partial charge in [-0.05, 0) is 81.7 Å². The Hall–Kier alpha value is -3.93. The van der Waals surface area contributed by atoms with Gasteiger partial charge >= 0.3 is 0 Å². The molecule has 196 valence electrons. The number of ether oxygens (including phenoxy) is 1. The van der Waals surface area contributed by atoms with Crippen LogP contribution >= 0.6 is 0 Å². The highest BCUT2D eigenvalue weighted by molar-refractivity contribution is 5.81. The summed E-state index contributed by atoms with van der Waals surface area (Å²) in [6, 6.07) is 8.69. The maximum absolute atomic E-state index is 12.3. The third-order valence-electron chi connectivity index (χ3n) is 7.95. The van der Waals surface area contributed by atoms with Gasteiger partial charge in [-0.15, -0.1) is 0 Å². The first kappa shape index (κ1) is 24.4. The number of anilines is 2. The summed E-state index contributed by atoms with van der Waals surface area (Å²) in [5.74, 6) is 1.93. The number of benzene rings is 1. The summed E-state index contributed by atoms with van der Waals surface area (Å²) >= 11 is 0. The van der Waals surface area contributed by atoms with E-state index in [0.717, 1.165) is 85.4 Å². The minimum absolute atomic E-state index is 0.283. The van der Waals surface area contributed by atoms with Gasteiger partial charge in [-0.2, -0.15) is 10.4 Å². The maximum Gasteiger partial charge on any atom is 0.227 e. The van der Waals surface area contributed by atoms with Crippen molar-refractivity contribution in [3.8, 4) is 23.1 Å². The van der Waals surface area contributed by atoms with Crippen molar-refractivity contribution in [3.05, 3.63) is 47.9 Å². The highest BCUT2D eigenvalue weighted by Gasteiger charge is 2.44. The predicted molar refractivity (Wildman–Crippen MR) is 143 cm³/mol. The number of carbonyl (C=O) groups is 1. The lowest BCUT2D eigenvalue weighted by Crippen LogP contribution is -2.39. The minimum atomic E-state index is -0.296. The molecule has 38 heavy (non-hydrogen) atoms. The van der Waals surface area contributed by atoms with Gasteiger partial charge in [-0.3, -0.25) is 9.48 Å². The van der Waals surface area contributed by atoms with Gasteiger partial charge in [0.15, 0.2) is 0 Å². The van der Waals surface area contributed by atoms with Crippen LogP contribution in [0.1, 0.15) is 55.7 Å². The molecule has 1 N–H and O–H groups in total. The van der Waals surface area contributed by atoms with E-state index in [9.17, 15) is 10.1 Å². The lowest BCUT2D eigenvalue weighted by Gasteiger charge is -2.32. The molecule has 0 radical (unpaired) electrons. The number of nitrogens with one attached hydrogen (secondary N) is 1. The Morgan fingerprint density at radius 1 is 1.16 bits per heavy atom. The Kier molecular flexibility index (Phi) is 6.26. The fourth-order valence-corrected chi connectivity index (χ4v) is 5.08. The van der Waals surface area contributed by atoms with Gasteiger partial charge < -0.3 is 15.0 Å². The number of aryl methyl sites for hydroxylation is 2. The zero-order valence-electron chi connectivity index (χ0n) is 22.0. The Morgan fingerprint density at radius 3 is 2.63 bits per heavy atom. The Balaban J connectivity index is 1.11. The highest BCUT2D eigenvalue weighted by atomic mass is 16.5. The maximum atomic E-state index is 12.3. The van der Waals surface area contributed by atoms with Crippen LogP contribution in [0.5, 0.6) is 5.75 Å². The molecule has 2 aliphatic carbocycles. The van der Waals surface area contributed by atoms with Gasteiger partial charge in [0.25, 0.3) is 0 Å². The quantitative estimate of drug-likeness (QED) is 0.455. The average Bonchev–Trinajstić information content (AvgIpc) is 3.87. The number of amides is 1. The van der Waals surface area contributed by atoms with Gasteiger partial charge in [-0.1, -0.05) is 0 Å². The van der Waals surface area contributed by atoms with Crippen LogP contribution in [0, 0.1) is 36.5 Å². The van der Waals surface area contributed by atoms with Crippen LogP contribution in [0.15, 0.2) is 36.8 Å². The number of piperidine rings is 1. The lowest BCUT2D eigenvalue weighted by molar-refractivity contribution is -0.133. The molecule has 0 bridgehead atoms. The lowest BCUT2D eigenvalue weighted by atomic mass is 10.0. The number of nitrogens with zero attached hydrogens (tertiary/aromatic N) is 6. The van der Waals surface area contributed by atoms with Crippen molar-refractivity contribution >= 4 is 17.5 Å². The van der Waals surface area contributed by atoms with E-state index >= 15 is 0 Å². The molecule has 9 nitrogen and oxygen atoms in total. The summed E-state index contributed by atoms with van der Waals surface area (Å²) in [4.78, 5) is 23.7. The smallest absolute Gasteiger partial charge is 0.227 e. The predicted octanol–water partition coefficient (Wildman–Crippen LogP) is 4.96. The SMILES string of the molecule is Cc1cc(-c2nc(Nc3cnn(C4CCN(C(=O)C5CC5)CC4)c3)ncc2C)ccc1OCC1(C#N)CC1. The van der Waals surface area contributed by atoms with Crippen molar-refractivity contribution in [1.29, 1.82) is 5.26 Å². The molecule has 2 saturated carbocycles. The molecule has 3 aliphatic rings. The summed E-state index contributed by atoms with van der Waals surface area (Å²) < 4.78 is 7.96. The van der Waals surface area contributed by atoms with Crippen molar-refractivity contribution in [3.63, 3.8) is 0 Å². The zero-order valence-corrected chi connectivity index (χ0v) is 22.0. The molecule has 1 amide bonds. The topological polar surface area (TPSA) is 109 Å². The second-order valence-corrected chi connectivity index (χ2v) is 11.1. The van der Waals surface area contributed by atoms with Crippen molar-refractivity contribution in [2.45, 2.75) is 58.4 Å². The molecule has 1 saturated heterocycles. The molecule has 3 aromatic rings. The van der Waals surface area contributed by atoms with Crippen LogP contribution in [-0.2, 0) is 4.79 Å². The van der Waals surface area contributed by atoms with Gasteiger partial charge in [0, 0.05) is 37.0 Å². The summed E-state index contributed by atoms with van der Waals surface area (Å²) in [5, 5.41) is 17.2. The van der Waals surface area contributed by atoms with E-state index in [-0.39, 0.29) is 17.4 Å². The van der Waals surface area contributed by atoms with E-state index in [1.54, 1.807) is 6.20 Å². The first-order chi connectivity index (χ1) is 18.4. The molecule has 3 fully saturated rings. The standard InChI is InChI=1S/C29H33N7O2/c1-19-13-22(5-6-25(19)38-18-29(17-30)9-10-29)26-20(2)14-31-28(34-26)33-23-15-32-36(16-23)24-7-11-35(12-8-24)27(37)21-3-4-21/h5-6,13-16,21,24H,3-4,7-12,18H2,1-2H3,(H,31,33,34). The van der Waals surface area contributed by atoms with E-state index in [1.165, 1.54) is 0 Å². The molecular weight excluding hydrogens is 478 g/mol. The molecule has 0 atom stereocenters. The zero-order chi connectivity index (χ0) is 26.3. The number of rotatable bonds is 8. The normalized spacial score (nSPS) is 18.6. The third-order valence-corrected chi connectivity index (χ3v) is 7.95. The molecule has 2 aromatic heterocycles. The number of likely N-dealkylation sites (tertiary alicyclic amines) is 1. The Morgan fingerprint density at radius 2 is 1.95 bits per heavy atom. The second-order valence-electron chi connectivity index (χ2n) is 11.1. The monoisotopic (exact) mass is 511 g/mol. The first-order valence-corrected chi connectivity index (χ1v) is 13.5. The molecule has 9 heteroatoms. The van der Waals surface area contributed by atoms with Crippen molar-refractivity contribution < 1.29 is 9.53 Å². The van der Waals surface area contributed by atoms with Crippen LogP contribution < -0.4 is 10.1 Å². The van der Waals surface area contributed by atoms with Crippen molar-refractivity contribution in [2.75, 3.05) is 25.0 Å². The van der Waals surface area contributed by atoms with E-state index < -0.39 is 0 Å². The number of hydrogen-bond acceptors (Lipinski definition) is 7. The van der Waals surface area contributed by atoms with Crippen molar-refractivity contribution in [1.82, 2.24) is 24.6 Å². The van der Waals surface area contributed by atoms with Gasteiger partial charge in [0.1, 0.15) is 12.4 Å². The first-order valence-electron chi connectivity index (χ1n) is 13.5. The van der Waals surface area contributed by atoms with Crippen LogP contribution in [0.4, 0.5) is 11.6 Å². The number of carbonyl (C=O) groups excluding carboxylic acids is 1. The van der Waals surface area contributed by atoms with Crippen molar-refractivity contribution in [2.24, 2.45) is 11.3 Å². The minimum Gasteiger partial charge on any atom is -0.492 e. The molecule has 1 aliphatic heterocycles. The number of hydrogen-bond donors (Lipinski definition) is 1. The Bertz CT molecular complexity index is 1390. The van der Waals surface area contributed by atoms with E-state index in [4.69, 9.17) is 9.72 Å². The van der Waals surface area contributed by atoms with Gasteiger partial charge in [-0.25, -0.2) is 9.97 Å². The van der Waals surface area contributed by atoms with E-state index in [2.05, 4.69) is 27.5 Å². The number of nitriles is 1. The van der Waals surface area contributed by atoms with Crippen LogP contribution in [0.3, 0.4) is 0 Å². The van der Waals surface area contributed by atoms with Gasteiger partial charge in [0.05, 0.1) is 35.1 Å². The molecule has 0 unspecified atom stereocenters. The molecule has 3 heterocycles. The highest BCUT2D eigenvalue weighted by Crippen LogP contribution is 2.45. The van der Waals surface area contributed by atoms with E-state index in [1.807, 2.05) is 48.0 Å². The Labute approximate surface area is 222 Å². The summed E-state index contributed by atoms with van der Waals surface area (Å²) in [5.41, 5.74) is 4.37. The molecule has 0 spiro atoms. The molecule has 6 rings (SSSR count). The molecular formula is C29H33N7O2. The summed E-state index contributed by atoms with van der Waals surface area (Å²) in [7, 11) is 0. The van der Waals surface area contributed by atoms with Crippen LogP contribution in [-0.4, -0.2) is 50.3 Å². The third kappa shape index (κ3) is 5.08. The van der Waals surface area contributed by atoms with Crippen LogP contribution in [0.25, 0.3) is 11.3 Å². The molecule has 1 aromatic carbocycles. The average molecular weight is 512 g/mol.